The minimum Gasteiger partial charge on any atom is -0.493 e. The Morgan fingerprint density at radius 2 is 1.94 bits per heavy atom. The van der Waals surface area contributed by atoms with Gasteiger partial charge in [0.1, 0.15) is 12.2 Å². The molecule has 0 amide bonds. The molecule has 0 spiro atoms. The number of benzene rings is 1. The number of esters is 2. The van der Waals surface area contributed by atoms with Crippen LogP contribution in [-0.4, -0.2) is 63.5 Å². The van der Waals surface area contributed by atoms with Crippen LogP contribution in [-0.2, 0) is 24.1 Å². The maximum absolute atomic E-state index is 12.9. The highest BCUT2D eigenvalue weighted by Crippen LogP contribution is 2.60. The highest BCUT2D eigenvalue weighted by atomic mass is 28.4. The lowest BCUT2D eigenvalue weighted by Gasteiger charge is -2.53. The molecule has 0 aromatic heterocycles. The van der Waals surface area contributed by atoms with Gasteiger partial charge in [0, 0.05) is 18.9 Å². The molecule has 1 N–H and O–H groups in total. The summed E-state index contributed by atoms with van der Waals surface area (Å²) in [6.07, 6.45) is -2.17. The van der Waals surface area contributed by atoms with Gasteiger partial charge in [-0.05, 0) is 36.7 Å². The third-order valence-electron chi connectivity index (χ3n) is 7.76. The lowest BCUT2D eigenvalue weighted by atomic mass is 9.61. The normalized spacial score (nSPS) is 30.2. The summed E-state index contributed by atoms with van der Waals surface area (Å²) in [5, 5.41) is 11.2. The average Bonchev–Trinajstić information content (AvgIpc) is 3.05. The maximum atomic E-state index is 12.9. The molecule has 182 valence electrons. The Bertz CT molecular complexity index is 968. The number of ether oxygens (including phenoxy) is 4. The quantitative estimate of drug-likeness (QED) is 0.491. The van der Waals surface area contributed by atoms with E-state index in [0.29, 0.717) is 29.0 Å². The largest absolute Gasteiger partial charge is 0.493 e. The topological polar surface area (TPSA) is 101 Å². The highest BCUT2D eigenvalue weighted by molar-refractivity contribution is 6.74. The minimum atomic E-state index is -2.24. The van der Waals surface area contributed by atoms with Crippen molar-refractivity contribution in [2.24, 2.45) is 0 Å². The first-order valence-corrected chi connectivity index (χ1v) is 14.3. The van der Waals surface area contributed by atoms with Gasteiger partial charge in [-0.1, -0.05) is 20.8 Å². The van der Waals surface area contributed by atoms with E-state index in [1.807, 2.05) is 0 Å². The fourth-order valence-electron chi connectivity index (χ4n) is 5.19. The summed E-state index contributed by atoms with van der Waals surface area (Å²) < 4.78 is 30.0. The van der Waals surface area contributed by atoms with Crippen molar-refractivity contribution in [3.63, 3.8) is 0 Å². The summed E-state index contributed by atoms with van der Waals surface area (Å²) in [5.41, 5.74) is 0.114. The molecule has 1 aromatic carbocycles. The number of carbonyl (C=O) groups excluding carboxylic acids is 2. The average molecular weight is 479 g/mol. The number of aliphatic hydroxyl groups is 1. The molecule has 33 heavy (non-hydrogen) atoms. The number of rotatable bonds is 6. The minimum absolute atomic E-state index is 0.0486. The molecule has 9 heteroatoms. The Balaban J connectivity index is 1.86. The van der Waals surface area contributed by atoms with Crippen molar-refractivity contribution in [3.8, 4) is 11.5 Å². The summed E-state index contributed by atoms with van der Waals surface area (Å²) in [5.74, 6) is 0.0736. The van der Waals surface area contributed by atoms with Gasteiger partial charge in [-0.25, -0.2) is 4.79 Å². The SMILES string of the molecule is COc1ccc2c3c1O[C@@H]1[C@@H](O[Si](C)(C)C(C)(C)C)C[C@H](O)[C@H](OC2=O)[C@]31CCOC(C)=O. The predicted molar refractivity (Wildman–Crippen MR) is 122 cm³/mol. The molecule has 1 fully saturated rings. The number of aliphatic hydroxyl groups excluding tert-OH is 1. The van der Waals surface area contributed by atoms with Crippen LogP contribution in [0.3, 0.4) is 0 Å². The molecule has 2 aliphatic heterocycles. The molecule has 1 saturated carbocycles. The van der Waals surface area contributed by atoms with Gasteiger partial charge < -0.3 is 28.5 Å². The van der Waals surface area contributed by atoms with Crippen molar-refractivity contribution in [2.75, 3.05) is 13.7 Å². The fraction of sp³-hybridized carbons (Fsp3) is 0.667. The second kappa shape index (κ2) is 7.99. The lowest BCUT2D eigenvalue weighted by Crippen LogP contribution is -2.67. The van der Waals surface area contributed by atoms with Gasteiger partial charge in [0.2, 0.25) is 0 Å². The number of carbonyl (C=O) groups is 2. The van der Waals surface area contributed by atoms with Gasteiger partial charge in [-0.3, -0.25) is 4.79 Å². The van der Waals surface area contributed by atoms with Crippen molar-refractivity contribution in [2.45, 2.75) is 88.5 Å². The molecule has 2 heterocycles. The molecule has 4 rings (SSSR count). The van der Waals surface area contributed by atoms with Crippen LogP contribution in [0.5, 0.6) is 11.5 Å². The third kappa shape index (κ3) is 3.64. The first-order chi connectivity index (χ1) is 15.3. The number of hydrogen-bond donors (Lipinski definition) is 1. The van der Waals surface area contributed by atoms with E-state index in [0.717, 1.165) is 0 Å². The van der Waals surface area contributed by atoms with Gasteiger partial charge in [0.25, 0.3) is 0 Å². The van der Waals surface area contributed by atoms with E-state index in [-0.39, 0.29) is 18.1 Å². The van der Waals surface area contributed by atoms with Crippen LogP contribution < -0.4 is 9.47 Å². The summed E-state index contributed by atoms with van der Waals surface area (Å²) in [7, 11) is -0.688. The maximum Gasteiger partial charge on any atom is 0.338 e. The Morgan fingerprint density at radius 1 is 1.24 bits per heavy atom. The number of methoxy groups -OCH3 is 1. The van der Waals surface area contributed by atoms with E-state index in [1.54, 1.807) is 19.2 Å². The van der Waals surface area contributed by atoms with Crippen LogP contribution in [0.15, 0.2) is 12.1 Å². The van der Waals surface area contributed by atoms with E-state index in [1.165, 1.54) is 6.92 Å². The van der Waals surface area contributed by atoms with Crippen molar-refractivity contribution in [3.05, 3.63) is 23.3 Å². The van der Waals surface area contributed by atoms with Crippen LogP contribution in [0.1, 0.15) is 56.5 Å². The van der Waals surface area contributed by atoms with E-state index >= 15 is 0 Å². The van der Waals surface area contributed by atoms with E-state index < -0.39 is 50.1 Å². The van der Waals surface area contributed by atoms with Crippen LogP contribution in [0.4, 0.5) is 0 Å². The molecule has 0 unspecified atom stereocenters. The van der Waals surface area contributed by atoms with Gasteiger partial charge in [-0.15, -0.1) is 0 Å². The summed E-state index contributed by atoms with van der Waals surface area (Å²) >= 11 is 0. The monoisotopic (exact) mass is 478 g/mol. The van der Waals surface area contributed by atoms with Crippen LogP contribution in [0.2, 0.25) is 18.1 Å². The lowest BCUT2D eigenvalue weighted by molar-refractivity contribution is -0.156. The molecule has 0 bridgehead atoms. The molecular formula is C24H34O8Si. The fourth-order valence-corrected chi connectivity index (χ4v) is 6.52. The van der Waals surface area contributed by atoms with Crippen molar-refractivity contribution in [1.29, 1.82) is 0 Å². The molecule has 5 atom stereocenters. The standard InChI is InChI=1S/C24H34O8Si/c1-13(25)29-11-10-24-18-14-8-9-16(28-5)19(18)30-21(24)17(32-33(6,7)23(2,3)4)12-15(26)20(24)31-22(14)27/h8-9,15,17,20-21,26H,10-12H2,1-7H3/t15-,17-,20-,21+,24-/m0/s1. The second-order valence-electron chi connectivity index (χ2n) is 10.7. The van der Waals surface area contributed by atoms with E-state index in [9.17, 15) is 14.7 Å². The Labute approximate surface area is 195 Å². The molecule has 1 aromatic rings. The summed E-state index contributed by atoms with van der Waals surface area (Å²) in [6.45, 7) is 12.2. The van der Waals surface area contributed by atoms with Crippen LogP contribution in [0, 0.1) is 0 Å². The zero-order chi connectivity index (χ0) is 24.3. The molecule has 3 aliphatic rings. The zero-order valence-electron chi connectivity index (χ0n) is 20.4. The first kappa shape index (κ1) is 24.0. The van der Waals surface area contributed by atoms with Crippen molar-refractivity contribution < 1.29 is 38.1 Å². The first-order valence-electron chi connectivity index (χ1n) is 11.4. The van der Waals surface area contributed by atoms with Crippen LogP contribution >= 0.6 is 0 Å². The van der Waals surface area contributed by atoms with Gasteiger partial charge in [0.05, 0.1) is 36.9 Å². The molecular weight excluding hydrogens is 444 g/mol. The highest BCUT2D eigenvalue weighted by Gasteiger charge is 2.67. The van der Waals surface area contributed by atoms with E-state index in [2.05, 4.69) is 33.9 Å². The molecule has 0 saturated heterocycles. The van der Waals surface area contributed by atoms with Crippen molar-refractivity contribution >= 4 is 20.3 Å². The summed E-state index contributed by atoms with van der Waals surface area (Å²) in [4.78, 5) is 24.4. The Hall–Kier alpha value is -2.10. The van der Waals surface area contributed by atoms with Gasteiger partial charge >= 0.3 is 11.9 Å². The predicted octanol–water partition coefficient (Wildman–Crippen LogP) is 3.34. The third-order valence-corrected chi connectivity index (χ3v) is 12.3. The smallest absolute Gasteiger partial charge is 0.338 e. The zero-order valence-corrected chi connectivity index (χ0v) is 21.4. The Morgan fingerprint density at radius 3 is 2.55 bits per heavy atom. The number of hydrogen-bond acceptors (Lipinski definition) is 8. The van der Waals surface area contributed by atoms with Gasteiger partial charge in [0.15, 0.2) is 19.8 Å². The van der Waals surface area contributed by atoms with Crippen molar-refractivity contribution in [1.82, 2.24) is 0 Å². The van der Waals surface area contributed by atoms with Gasteiger partial charge in [-0.2, -0.15) is 0 Å². The van der Waals surface area contributed by atoms with Crippen LogP contribution in [0.25, 0.3) is 0 Å². The molecule has 0 radical (unpaired) electrons. The van der Waals surface area contributed by atoms with E-state index in [4.69, 9.17) is 23.4 Å². The Kier molecular flexibility index (Phi) is 5.82. The second-order valence-corrected chi connectivity index (χ2v) is 15.5. The molecule has 1 aliphatic carbocycles. The summed E-state index contributed by atoms with van der Waals surface area (Å²) in [6, 6.07) is 3.35. The molecule has 8 nitrogen and oxygen atoms in total.